The smallest absolute Gasteiger partial charge is 0.150 e. The third kappa shape index (κ3) is 2.08. The van der Waals surface area contributed by atoms with Crippen LogP contribution in [0.2, 0.25) is 0 Å². The van der Waals surface area contributed by atoms with E-state index in [1.807, 2.05) is 6.07 Å². The molecule has 114 valence electrons. The normalized spacial score (nSPS) is 22.9. The van der Waals surface area contributed by atoms with Crippen molar-refractivity contribution in [3.8, 4) is 11.5 Å². The lowest BCUT2D eigenvalue weighted by Gasteiger charge is -2.40. The fraction of sp³-hybridized carbons (Fsp3) is 0.368. The van der Waals surface area contributed by atoms with Crippen molar-refractivity contribution in [3.63, 3.8) is 0 Å². The molecule has 2 aliphatic rings. The van der Waals surface area contributed by atoms with Gasteiger partial charge in [-0.05, 0) is 49.9 Å². The molecule has 3 nitrogen and oxygen atoms in total. The molecule has 1 saturated heterocycles. The maximum atomic E-state index is 6.32. The van der Waals surface area contributed by atoms with Gasteiger partial charge in [0.05, 0.1) is 11.7 Å². The molecule has 0 saturated carbocycles. The van der Waals surface area contributed by atoms with Crippen molar-refractivity contribution < 1.29 is 4.74 Å². The molecule has 4 rings (SSSR count). The summed E-state index contributed by atoms with van der Waals surface area (Å²) in [7, 11) is 0. The van der Waals surface area contributed by atoms with Gasteiger partial charge in [-0.3, -0.25) is 0 Å². The number of benzene rings is 2. The molecular weight excluding hydrogens is 272 g/mol. The van der Waals surface area contributed by atoms with Gasteiger partial charge in [0.15, 0.2) is 5.75 Å². The first-order valence-corrected chi connectivity index (χ1v) is 8.11. The fourth-order valence-electron chi connectivity index (χ4n) is 3.80. The summed E-state index contributed by atoms with van der Waals surface area (Å²) in [5.74, 6) is 2.56. The Labute approximate surface area is 131 Å². The van der Waals surface area contributed by atoms with E-state index in [4.69, 9.17) is 10.5 Å². The van der Waals surface area contributed by atoms with Gasteiger partial charge in [-0.2, -0.15) is 0 Å². The lowest BCUT2D eigenvalue weighted by Crippen LogP contribution is -2.40. The Morgan fingerprint density at radius 3 is 2.86 bits per heavy atom. The summed E-state index contributed by atoms with van der Waals surface area (Å²) in [5.41, 5.74) is 9.66. The minimum absolute atomic E-state index is 0.390. The zero-order chi connectivity index (χ0) is 15.1. The number of rotatable bonds is 1. The first-order valence-electron chi connectivity index (χ1n) is 8.11. The topological polar surface area (TPSA) is 38.5 Å². The molecule has 2 N–H and O–H groups in total. The van der Waals surface area contributed by atoms with E-state index in [9.17, 15) is 0 Å². The maximum absolute atomic E-state index is 6.32. The zero-order valence-corrected chi connectivity index (χ0v) is 13.0. The molecule has 0 spiro atoms. The number of nitrogens with zero attached hydrogens (tertiary/aromatic N) is 1. The molecule has 2 aromatic carbocycles. The minimum Gasteiger partial charge on any atom is -0.455 e. The van der Waals surface area contributed by atoms with Gasteiger partial charge in [-0.15, -0.1) is 0 Å². The molecule has 0 radical (unpaired) electrons. The summed E-state index contributed by atoms with van der Waals surface area (Å²) in [6.45, 7) is 3.89. The highest BCUT2D eigenvalue weighted by atomic mass is 16.5. The minimum atomic E-state index is 0.390. The number of aryl methyl sites for hydroxylation is 1. The van der Waals surface area contributed by atoms with E-state index in [0.29, 0.717) is 12.0 Å². The quantitative estimate of drug-likeness (QED) is 0.863. The standard InChI is InChI=1S/C19H22N2O/c1-13-5-4-6-15-16-10-9-14(11-20)12-21(16)17-7-2-3-8-18(17)22-19(13)15/h2-8,14,16H,9-12,20H2,1H3. The summed E-state index contributed by atoms with van der Waals surface area (Å²) < 4.78 is 6.32. The molecule has 0 amide bonds. The first-order chi connectivity index (χ1) is 10.8. The van der Waals surface area contributed by atoms with Gasteiger partial charge >= 0.3 is 0 Å². The van der Waals surface area contributed by atoms with Gasteiger partial charge in [-0.1, -0.05) is 30.3 Å². The lowest BCUT2D eigenvalue weighted by atomic mass is 9.88. The molecule has 0 aromatic heterocycles. The van der Waals surface area contributed by atoms with Crippen LogP contribution >= 0.6 is 0 Å². The number of hydrogen-bond acceptors (Lipinski definition) is 3. The van der Waals surface area contributed by atoms with Crippen molar-refractivity contribution >= 4 is 5.69 Å². The summed E-state index contributed by atoms with van der Waals surface area (Å²) >= 11 is 0. The van der Waals surface area contributed by atoms with Crippen LogP contribution in [-0.4, -0.2) is 13.1 Å². The van der Waals surface area contributed by atoms with E-state index >= 15 is 0 Å². The van der Waals surface area contributed by atoms with Gasteiger partial charge < -0.3 is 15.4 Å². The van der Waals surface area contributed by atoms with E-state index in [1.165, 1.54) is 23.2 Å². The van der Waals surface area contributed by atoms with Crippen LogP contribution in [-0.2, 0) is 0 Å². The number of para-hydroxylation sites is 3. The summed E-state index contributed by atoms with van der Waals surface area (Å²) in [5, 5.41) is 0. The number of ether oxygens (including phenoxy) is 1. The molecule has 3 heteroatoms. The van der Waals surface area contributed by atoms with Gasteiger partial charge in [0.1, 0.15) is 5.75 Å². The van der Waals surface area contributed by atoms with Crippen molar-refractivity contribution in [1.82, 2.24) is 0 Å². The Kier molecular flexibility index (Phi) is 3.30. The van der Waals surface area contributed by atoms with Crippen molar-refractivity contribution in [2.45, 2.75) is 25.8 Å². The number of piperidine rings is 1. The second-order valence-corrected chi connectivity index (χ2v) is 6.41. The molecule has 2 heterocycles. The van der Waals surface area contributed by atoms with Crippen LogP contribution in [0.15, 0.2) is 42.5 Å². The Morgan fingerprint density at radius 1 is 1.14 bits per heavy atom. The molecule has 2 aliphatic heterocycles. The van der Waals surface area contributed by atoms with E-state index in [-0.39, 0.29) is 0 Å². The van der Waals surface area contributed by atoms with Crippen LogP contribution in [0.25, 0.3) is 0 Å². The molecule has 2 atom stereocenters. The number of fused-ring (bicyclic) bond motifs is 5. The van der Waals surface area contributed by atoms with E-state index in [1.54, 1.807) is 0 Å². The van der Waals surface area contributed by atoms with Crippen LogP contribution in [0.4, 0.5) is 5.69 Å². The van der Waals surface area contributed by atoms with Gasteiger partial charge in [-0.25, -0.2) is 0 Å². The van der Waals surface area contributed by atoms with Crippen LogP contribution in [0.3, 0.4) is 0 Å². The molecule has 2 aromatic rings. The summed E-state index contributed by atoms with van der Waals surface area (Å²) in [6, 6.07) is 15.2. The van der Waals surface area contributed by atoms with Gasteiger partial charge in [0.2, 0.25) is 0 Å². The summed E-state index contributed by atoms with van der Waals surface area (Å²) in [4.78, 5) is 2.50. The lowest BCUT2D eigenvalue weighted by molar-refractivity contribution is 0.366. The average Bonchev–Trinajstić information content (AvgIpc) is 2.70. The Morgan fingerprint density at radius 2 is 2.00 bits per heavy atom. The number of nitrogens with two attached hydrogens (primary N) is 1. The molecule has 2 unspecified atom stereocenters. The monoisotopic (exact) mass is 294 g/mol. The highest BCUT2D eigenvalue weighted by Gasteiger charge is 2.34. The molecule has 1 fully saturated rings. The van der Waals surface area contributed by atoms with Gasteiger partial charge in [0.25, 0.3) is 0 Å². The average molecular weight is 294 g/mol. The zero-order valence-electron chi connectivity index (χ0n) is 13.0. The Bertz CT molecular complexity index is 698. The van der Waals surface area contributed by atoms with Crippen LogP contribution in [0.5, 0.6) is 11.5 Å². The van der Waals surface area contributed by atoms with Gasteiger partial charge in [0, 0.05) is 12.1 Å². The first kappa shape index (κ1) is 13.6. The predicted octanol–water partition coefficient (Wildman–Crippen LogP) is 4.02. The maximum Gasteiger partial charge on any atom is 0.150 e. The van der Waals surface area contributed by atoms with Crippen LogP contribution in [0.1, 0.15) is 30.0 Å². The third-order valence-electron chi connectivity index (χ3n) is 5.00. The molecule has 22 heavy (non-hydrogen) atoms. The van der Waals surface area contributed by atoms with E-state index in [0.717, 1.165) is 31.0 Å². The van der Waals surface area contributed by atoms with Crippen molar-refractivity contribution in [2.24, 2.45) is 11.7 Å². The van der Waals surface area contributed by atoms with Crippen LogP contribution < -0.4 is 15.4 Å². The van der Waals surface area contributed by atoms with Crippen molar-refractivity contribution in [2.75, 3.05) is 18.0 Å². The Hall–Kier alpha value is -2.00. The van der Waals surface area contributed by atoms with E-state index in [2.05, 4.69) is 48.2 Å². The van der Waals surface area contributed by atoms with Crippen molar-refractivity contribution in [3.05, 3.63) is 53.6 Å². The van der Waals surface area contributed by atoms with E-state index < -0.39 is 0 Å². The third-order valence-corrected chi connectivity index (χ3v) is 5.00. The number of hydrogen-bond donors (Lipinski definition) is 1. The largest absolute Gasteiger partial charge is 0.455 e. The molecule has 0 aliphatic carbocycles. The fourth-order valence-corrected chi connectivity index (χ4v) is 3.80. The number of anilines is 1. The van der Waals surface area contributed by atoms with Crippen molar-refractivity contribution in [1.29, 1.82) is 0 Å². The SMILES string of the molecule is Cc1cccc2c1Oc1ccccc1N1CC(CN)CCC21. The second-order valence-electron chi connectivity index (χ2n) is 6.41. The highest BCUT2D eigenvalue weighted by molar-refractivity contribution is 5.65. The second kappa shape index (κ2) is 5.33. The summed E-state index contributed by atoms with van der Waals surface area (Å²) in [6.07, 6.45) is 2.32. The highest BCUT2D eigenvalue weighted by Crippen LogP contribution is 2.48. The molecule has 0 bridgehead atoms. The molecular formula is C19H22N2O. The predicted molar refractivity (Wildman–Crippen MR) is 89.6 cm³/mol. The Balaban J connectivity index is 1.88. The van der Waals surface area contributed by atoms with Crippen LogP contribution in [0, 0.1) is 12.8 Å².